The first-order valence-electron chi connectivity index (χ1n) is 7.71. The van der Waals surface area contributed by atoms with Crippen LogP contribution in [0.4, 0.5) is 10.8 Å². The summed E-state index contributed by atoms with van der Waals surface area (Å²) in [6, 6.07) is 10.00. The molecule has 25 heavy (non-hydrogen) atoms. The Morgan fingerprint density at radius 2 is 2.04 bits per heavy atom. The molecule has 1 aromatic heterocycles. The monoisotopic (exact) mass is 373 g/mol. The number of aromatic nitrogens is 2. The fraction of sp³-hybridized carbons (Fsp3) is 0.353. The topological polar surface area (TPSA) is 103 Å². The Labute approximate surface area is 155 Å². The highest BCUT2D eigenvalue weighted by Gasteiger charge is 2.20. The molecule has 0 aliphatic rings. The number of thioether (sulfide) groups is 1. The van der Waals surface area contributed by atoms with Gasteiger partial charge >= 0.3 is 0 Å². The van der Waals surface area contributed by atoms with Gasteiger partial charge in [0, 0.05) is 11.4 Å². The molecule has 0 aliphatic carbocycles. The van der Waals surface area contributed by atoms with Crippen LogP contribution in [0.2, 0.25) is 0 Å². The van der Waals surface area contributed by atoms with Crippen molar-refractivity contribution in [2.24, 2.45) is 5.92 Å². The Hall–Kier alpha value is -2.24. The molecule has 2 aromatic rings. The zero-order valence-electron chi connectivity index (χ0n) is 14.2. The average Bonchev–Trinajstić information content (AvgIpc) is 3.01. The number of carbonyl (C=O) groups excluding carboxylic acids is 1. The third-order valence-corrected chi connectivity index (χ3v) is 5.45. The SMILES string of the molecule is CC(=N)[C@@H](C#N)C(=O)CSc1nnc(Nc2ccc(C(C)C)cc2)s1. The molecule has 0 saturated carbocycles. The zero-order valence-corrected chi connectivity index (χ0v) is 15.9. The molecule has 1 heterocycles. The minimum Gasteiger partial charge on any atom is -0.330 e. The summed E-state index contributed by atoms with van der Waals surface area (Å²) in [7, 11) is 0. The van der Waals surface area contributed by atoms with Crippen molar-refractivity contribution >= 4 is 45.4 Å². The summed E-state index contributed by atoms with van der Waals surface area (Å²) in [6.45, 7) is 5.76. The maximum Gasteiger partial charge on any atom is 0.210 e. The van der Waals surface area contributed by atoms with Crippen LogP contribution in [0.15, 0.2) is 28.6 Å². The van der Waals surface area contributed by atoms with Crippen LogP contribution < -0.4 is 5.32 Å². The van der Waals surface area contributed by atoms with Crippen molar-refractivity contribution in [3.8, 4) is 6.07 Å². The van der Waals surface area contributed by atoms with Crippen LogP contribution in [0.3, 0.4) is 0 Å². The van der Waals surface area contributed by atoms with Crippen molar-refractivity contribution in [2.75, 3.05) is 11.1 Å². The number of carbonyl (C=O) groups is 1. The predicted octanol–water partition coefficient (Wildman–Crippen LogP) is 4.25. The lowest BCUT2D eigenvalue weighted by Crippen LogP contribution is -2.21. The van der Waals surface area contributed by atoms with E-state index in [1.165, 1.54) is 35.6 Å². The molecule has 0 bridgehead atoms. The number of nitrogens with one attached hydrogen (secondary N) is 2. The predicted molar refractivity (Wildman–Crippen MR) is 102 cm³/mol. The lowest BCUT2D eigenvalue weighted by atomic mass is 10.0. The van der Waals surface area contributed by atoms with Gasteiger partial charge in [0.05, 0.1) is 11.8 Å². The molecule has 0 fully saturated rings. The number of nitriles is 1. The number of Topliss-reactive ketones (excluding diaryl/α,β-unsaturated/α-hetero) is 1. The van der Waals surface area contributed by atoms with E-state index in [0.29, 0.717) is 15.4 Å². The van der Waals surface area contributed by atoms with Crippen LogP contribution in [0.1, 0.15) is 32.3 Å². The van der Waals surface area contributed by atoms with Crippen molar-refractivity contribution in [1.29, 1.82) is 10.7 Å². The van der Waals surface area contributed by atoms with Gasteiger partial charge in [-0.2, -0.15) is 5.26 Å². The lowest BCUT2D eigenvalue weighted by molar-refractivity contribution is -0.117. The molecule has 2 N–H and O–H groups in total. The van der Waals surface area contributed by atoms with Crippen LogP contribution in [0.5, 0.6) is 0 Å². The molecular weight excluding hydrogens is 354 g/mol. The van der Waals surface area contributed by atoms with Crippen LogP contribution in [0.25, 0.3) is 0 Å². The van der Waals surface area contributed by atoms with Gasteiger partial charge in [0.25, 0.3) is 0 Å². The van der Waals surface area contributed by atoms with Gasteiger partial charge in [-0.1, -0.05) is 49.1 Å². The first-order valence-corrected chi connectivity index (χ1v) is 9.51. The molecule has 0 saturated heterocycles. The molecule has 130 valence electrons. The third kappa shape index (κ3) is 5.37. The van der Waals surface area contributed by atoms with Crippen molar-refractivity contribution in [1.82, 2.24) is 10.2 Å². The summed E-state index contributed by atoms with van der Waals surface area (Å²) in [4.78, 5) is 11.9. The molecule has 6 nitrogen and oxygen atoms in total. The van der Waals surface area contributed by atoms with Crippen LogP contribution in [-0.4, -0.2) is 27.4 Å². The van der Waals surface area contributed by atoms with Gasteiger partial charge in [-0.05, 0) is 30.5 Å². The summed E-state index contributed by atoms with van der Waals surface area (Å²) in [5, 5.41) is 28.3. The molecule has 2 rings (SSSR count). The van der Waals surface area contributed by atoms with Crippen LogP contribution in [-0.2, 0) is 4.79 Å². The second-order valence-corrected chi connectivity index (χ2v) is 7.97. The maximum absolute atomic E-state index is 11.9. The molecule has 0 unspecified atom stereocenters. The minimum absolute atomic E-state index is 0.0672. The highest BCUT2D eigenvalue weighted by atomic mass is 32.2. The fourth-order valence-electron chi connectivity index (χ4n) is 2.02. The van der Waals surface area contributed by atoms with E-state index in [0.717, 1.165) is 5.69 Å². The molecule has 1 atom stereocenters. The Morgan fingerprint density at radius 3 is 2.60 bits per heavy atom. The Bertz CT molecular complexity index is 792. The summed E-state index contributed by atoms with van der Waals surface area (Å²) >= 11 is 2.58. The van der Waals surface area contributed by atoms with Crippen LogP contribution in [0, 0.1) is 22.7 Å². The number of ketones is 1. The van der Waals surface area contributed by atoms with Gasteiger partial charge in [-0.3, -0.25) is 4.79 Å². The number of anilines is 2. The lowest BCUT2D eigenvalue weighted by Gasteiger charge is -2.06. The molecule has 0 spiro atoms. The second-order valence-electron chi connectivity index (χ2n) is 5.77. The van der Waals surface area contributed by atoms with Gasteiger partial charge in [-0.25, -0.2) is 0 Å². The number of benzene rings is 1. The highest BCUT2D eigenvalue weighted by Crippen LogP contribution is 2.28. The van der Waals surface area contributed by atoms with E-state index in [4.69, 9.17) is 10.7 Å². The summed E-state index contributed by atoms with van der Waals surface area (Å²) in [5.74, 6) is -0.670. The highest BCUT2D eigenvalue weighted by molar-refractivity contribution is 8.01. The summed E-state index contributed by atoms with van der Waals surface area (Å²) in [6.07, 6.45) is 0. The van der Waals surface area contributed by atoms with Gasteiger partial charge < -0.3 is 10.7 Å². The molecule has 1 aromatic carbocycles. The van der Waals surface area contributed by atoms with Crippen molar-refractivity contribution < 1.29 is 4.79 Å². The van der Waals surface area contributed by atoms with Gasteiger partial charge in [0.15, 0.2) is 10.1 Å². The molecule has 0 radical (unpaired) electrons. The van der Waals surface area contributed by atoms with Crippen LogP contribution >= 0.6 is 23.1 Å². The average molecular weight is 374 g/mol. The number of nitrogens with zero attached hydrogens (tertiary/aromatic N) is 3. The minimum atomic E-state index is -0.975. The number of hydrogen-bond donors (Lipinski definition) is 2. The summed E-state index contributed by atoms with van der Waals surface area (Å²) in [5.41, 5.74) is 2.26. The Balaban J connectivity index is 1.93. The molecular formula is C17H19N5OS2. The number of hydrogen-bond acceptors (Lipinski definition) is 8. The third-order valence-electron chi connectivity index (χ3n) is 3.46. The van der Waals surface area contributed by atoms with E-state index in [-0.39, 0.29) is 17.2 Å². The van der Waals surface area contributed by atoms with Gasteiger partial charge in [-0.15, -0.1) is 10.2 Å². The van der Waals surface area contributed by atoms with Crippen molar-refractivity contribution in [2.45, 2.75) is 31.0 Å². The largest absolute Gasteiger partial charge is 0.330 e. The van der Waals surface area contributed by atoms with E-state index in [2.05, 4.69) is 41.5 Å². The fourth-order valence-corrected chi connectivity index (χ4v) is 3.70. The van der Waals surface area contributed by atoms with E-state index >= 15 is 0 Å². The van der Waals surface area contributed by atoms with Crippen molar-refractivity contribution in [3.05, 3.63) is 29.8 Å². The standard InChI is InChI=1S/C17H19N5OS2/c1-10(2)12-4-6-13(7-5-12)20-16-21-22-17(25-16)24-9-15(23)14(8-18)11(3)19/h4-7,10,14,19H,9H2,1-3H3,(H,20,21)/t14-/m1/s1. The second kappa shape index (κ2) is 8.74. The van der Waals surface area contributed by atoms with Gasteiger partial charge in [0.2, 0.25) is 5.13 Å². The van der Waals surface area contributed by atoms with Crippen molar-refractivity contribution in [3.63, 3.8) is 0 Å². The quantitative estimate of drug-likeness (QED) is 0.530. The Morgan fingerprint density at radius 1 is 1.36 bits per heavy atom. The van der Waals surface area contributed by atoms with E-state index < -0.39 is 5.92 Å². The molecule has 0 aliphatic heterocycles. The Kier molecular flexibility index (Phi) is 6.67. The first kappa shape index (κ1) is 19.1. The molecule has 8 heteroatoms. The maximum atomic E-state index is 11.9. The zero-order chi connectivity index (χ0) is 18.4. The van der Waals surface area contributed by atoms with E-state index in [1.54, 1.807) is 0 Å². The van der Waals surface area contributed by atoms with E-state index in [1.807, 2.05) is 18.2 Å². The summed E-state index contributed by atoms with van der Waals surface area (Å²) < 4.78 is 0.647. The normalized spacial score (nSPS) is 11.8. The number of rotatable bonds is 8. The van der Waals surface area contributed by atoms with E-state index in [9.17, 15) is 4.79 Å². The first-order chi connectivity index (χ1) is 11.9. The smallest absolute Gasteiger partial charge is 0.210 e. The van der Waals surface area contributed by atoms with Gasteiger partial charge in [0.1, 0.15) is 5.92 Å². The molecule has 0 amide bonds.